The second-order valence-corrected chi connectivity index (χ2v) is 7.39. The SMILES string of the molecule is CCCCCCCCCCCCCCOCC(O)Cn1cc[n+](C)c1. The van der Waals surface area contributed by atoms with E-state index in [1.165, 1.54) is 70.6 Å². The Morgan fingerprint density at radius 2 is 1.48 bits per heavy atom. The van der Waals surface area contributed by atoms with E-state index in [0.29, 0.717) is 13.2 Å². The van der Waals surface area contributed by atoms with Crippen molar-refractivity contribution in [3.05, 3.63) is 18.7 Å². The second-order valence-electron chi connectivity index (χ2n) is 7.39. The van der Waals surface area contributed by atoms with Gasteiger partial charge in [-0.2, -0.15) is 0 Å². The van der Waals surface area contributed by atoms with Crippen LogP contribution in [-0.4, -0.2) is 29.0 Å². The van der Waals surface area contributed by atoms with Crippen LogP contribution in [0.2, 0.25) is 0 Å². The molecule has 0 saturated carbocycles. The lowest BCUT2D eigenvalue weighted by atomic mass is 10.1. The van der Waals surface area contributed by atoms with Crippen molar-refractivity contribution in [1.29, 1.82) is 0 Å². The van der Waals surface area contributed by atoms with E-state index in [1.807, 2.05) is 34.9 Å². The zero-order valence-electron chi connectivity index (χ0n) is 16.7. The third kappa shape index (κ3) is 13.1. The van der Waals surface area contributed by atoms with E-state index >= 15 is 0 Å². The Hall–Kier alpha value is -0.870. The maximum absolute atomic E-state index is 9.95. The van der Waals surface area contributed by atoms with Crippen LogP contribution in [0.1, 0.15) is 84.0 Å². The average Bonchev–Trinajstić information content (AvgIpc) is 3.00. The molecule has 0 bridgehead atoms. The van der Waals surface area contributed by atoms with Gasteiger partial charge in [-0.3, -0.25) is 0 Å². The molecule has 0 amide bonds. The van der Waals surface area contributed by atoms with Crippen LogP contribution >= 0.6 is 0 Å². The minimum atomic E-state index is -0.426. The van der Waals surface area contributed by atoms with Crippen LogP contribution in [0, 0.1) is 0 Å². The van der Waals surface area contributed by atoms with Gasteiger partial charge in [0.25, 0.3) is 0 Å². The third-order valence-corrected chi connectivity index (χ3v) is 4.70. The summed E-state index contributed by atoms with van der Waals surface area (Å²) in [6.45, 7) is 4.07. The fourth-order valence-electron chi connectivity index (χ4n) is 3.17. The first-order valence-electron chi connectivity index (χ1n) is 10.5. The summed E-state index contributed by atoms with van der Waals surface area (Å²) in [6, 6.07) is 0. The Balaban J connectivity index is 1.78. The fourth-order valence-corrected chi connectivity index (χ4v) is 3.17. The van der Waals surface area contributed by atoms with Gasteiger partial charge in [0.2, 0.25) is 6.33 Å². The Labute approximate surface area is 155 Å². The monoisotopic (exact) mass is 353 g/mol. The zero-order chi connectivity index (χ0) is 18.2. The summed E-state index contributed by atoms with van der Waals surface area (Å²) in [5, 5.41) is 9.95. The van der Waals surface area contributed by atoms with Gasteiger partial charge in [0.05, 0.1) is 13.7 Å². The molecule has 0 spiro atoms. The summed E-state index contributed by atoms with van der Waals surface area (Å²) in [5.74, 6) is 0. The summed E-state index contributed by atoms with van der Waals surface area (Å²) in [6.07, 6.45) is 21.8. The van der Waals surface area contributed by atoms with Crippen LogP contribution in [0.5, 0.6) is 0 Å². The number of unbranched alkanes of at least 4 members (excludes halogenated alkanes) is 11. The molecule has 0 aliphatic heterocycles. The van der Waals surface area contributed by atoms with E-state index in [2.05, 4.69) is 6.92 Å². The van der Waals surface area contributed by atoms with Gasteiger partial charge in [-0.1, -0.05) is 77.6 Å². The van der Waals surface area contributed by atoms with Crippen molar-refractivity contribution in [2.24, 2.45) is 7.05 Å². The normalized spacial score (nSPS) is 12.6. The zero-order valence-corrected chi connectivity index (χ0v) is 16.7. The smallest absolute Gasteiger partial charge is 0.243 e. The van der Waals surface area contributed by atoms with Crippen LogP contribution in [-0.2, 0) is 18.3 Å². The van der Waals surface area contributed by atoms with E-state index in [4.69, 9.17) is 4.74 Å². The number of rotatable bonds is 17. The van der Waals surface area contributed by atoms with Gasteiger partial charge in [0.1, 0.15) is 25.0 Å². The quantitative estimate of drug-likeness (QED) is 0.333. The minimum absolute atomic E-state index is 0.426. The number of aryl methyl sites for hydroxylation is 1. The minimum Gasteiger partial charge on any atom is -0.387 e. The predicted octanol–water partition coefficient (Wildman–Crippen LogP) is 4.39. The number of aliphatic hydroxyl groups excluding tert-OH is 1. The summed E-state index contributed by atoms with van der Waals surface area (Å²) < 4.78 is 9.55. The van der Waals surface area contributed by atoms with Crippen molar-refractivity contribution in [2.45, 2.75) is 96.6 Å². The van der Waals surface area contributed by atoms with Gasteiger partial charge in [0.15, 0.2) is 0 Å². The molecule has 4 nitrogen and oxygen atoms in total. The van der Waals surface area contributed by atoms with Gasteiger partial charge >= 0.3 is 0 Å². The molecule has 0 aliphatic rings. The molecular weight excluding hydrogens is 312 g/mol. The van der Waals surface area contributed by atoms with Crippen molar-refractivity contribution in [2.75, 3.05) is 13.2 Å². The molecule has 146 valence electrons. The molecule has 0 fully saturated rings. The summed E-state index contributed by atoms with van der Waals surface area (Å²) in [4.78, 5) is 0. The lowest BCUT2D eigenvalue weighted by Crippen LogP contribution is -2.26. The van der Waals surface area contributed by atoms with Gasteiger partial charge in [-0.05, 0) is 6.42 Å². The van der Waals surface area contributed by atoms with Crippen molar-refractivity contribution < 1.29 is 14.4 Å². The summed E-state index contributed by atoms with van der Waals surface area (Å²) in [5.41, 5.74) is 0. The summed E-state index contributed by atoms with van der Waals surface area (Å²) in [7, 11) is 1.98. The Morgan fingerprint density at radius 1 is 0.920 bits per heavy atom. The molecule has 0 radical (unpaired) electrons. The molecule has 1 aromatic rings. The highest BCUT2D eigenvalue weighted by atomic mass is 16.5. The molecule has 0 aromatic carbocycles. The highest BCUT2D eigenvalue weighted by molar-refractivity contribution is 4.68. The Bertz CT molecular complexity index is 406. The third-order valence-electron chi connectivity index (χ3n) is 4.70. The molecular formula is C21H41N2O2+. The molecule has 4 heteroatoms. The topological polar surface area (TPSA) is 38.3 Å². The van der Waals surface area contributed by atoms with Gasteiger partial charge in [-0.15, -0.1) is 0 Å². The van der Waals surface area contributed by atoms with Crippen LogP contribution < -0.4 is 4.57 Å². The maximum atomic E-state index is 9.95. The maximum Gasteiger partial charge on any atom is 0.243 e. The lowest BCUT2D eigenvalue weighted by Gasteiger charge is -2.09. The molecule has 1 unspecified atom stereocenters. The predicted molar refractivity (Wildman–Crippen MR) is 104 cm³/mol. The number of hydrogen-bond acceptors (Lipinski definition) is 2. The molecule has 25 heavy (non-hydrogen) atoms. The van der Waals surface area contributed by atoms with Crippen molar-refractivity contribution in [1.82, 2.24) is 4.57 Å². The number of ether oxygens (including phenoxy) is 1. The number of hydrogen-bond donors (Lipinski definition) is 1. The number of aromatic nitrogens is 2. The van der Waals surface area contributed by atoms with E-state index < -0.39 is 6.10 Å². The number of aliphatic hydroxyl groups is 1. The molecule has 0 saturated heterocycles. The van der Waals surface area contributed by atoms with Gasteiger partial charge in [-0.25, -0.2) is 9.13 Å². The fraction of sp³-hybridized carbons (Fsp3) is 0.857. The van der Waals surface area contributed by atoms with Crippen LogP contribution in [0.3, 0.4) is 0 Å². The Kier molecular flexibility index (Phi) is 13.6. The van der Waals surface area contributed by atoms with Crippen molar-refractivity contribution in [3.8, 4) is 0 Å². The standard InChI is InChI=1S/C21H41N2O2/c1-3-4-5-6-7-8-9-10-11-12-13-14-17-25-19-21(24)18-23-16-15-22(2)20-23/h15-16,20-21,24H,3-14,17-19H2,1-2H3/q+1. The van der Waals surface area contributed by atoms with Crippen molar-refractivity contribution in [3.63, 3.8) is 0 Å². The van der Waals surface area contributed by atoms with Crippen LogP contribution in [0.4, 0.5) is 0 Å². The van der Waals surface area contributed by atoms with E-state index in [0.717, 1.165) is 13.0 Å². The highest BCUT2D eigenvalue weighted by Gasteiger charge is 2.09. The second kappa shape index (κ2) is 15.4. The molecule has 1 heterocycles. The Morgan fingerprint density at radius 3 is 2.00 bits per heavy atom. The summed E-state index contributed by atoms with van der Waals surface area (Å²) >= 11 is 0. The molecule has 1 N–H and O–H groups in total. The average molecular weight is 354 g/mol. The molecule has 1 aromatic heterocycles. The lowest BCUT2D eigenvalue weighted by molar-refractivity contribution is -0.671. The molecule has 0 aliphatic carbocycles. The first-order valence-corrected chi connectivity index (χ1v) is 10.5. The number of nitrogens with zero attached hydrogens (tertiary/aromatic N) is 2. The van der Waals surface area contributed by atoms with Crippen LogP contribution in [0.15, 0.2) is 18.7 Å². The van der Waals surface area contributed by atoms with Crippen molar-refractivity contribution >= 4 is 0 Å². The number of imidazole rings is 1. The van der Waals surface area contributed by atoms with Crippen LogP contribution in [0.25, 0.3) is 0 Å². The van der Waals surface area contributed by atoms with Gasteiger partial charge in [0, 0.05) is 6.61 Å². The van der Waals surface area contributed by atoms with E-state index in [-0.39, 0.29) is 0 Å². The molecule has 1 rings (SSSR count). The molecule has 1 atom stereocenters. The first-order chi connectivity index (χ1) is 12.2. The highest BCUT2D eigenvalue weighted by Crippen LogP contribution is 2.11. The van der Waals surface area contributed by atoms with Gasteiger partial charge < -0.3 is 9.84 Å². The van der Waals surface area contributed by atoms with E-state index in [1.54, 1.807) is 0 Å². The van der Waals surface area contributed by atoms with E-state index in [9.17, 15) is 5.11 Å². The first kappa shape index (κ1) is 22.2. The largest absolute Gasteiger partial charge is 0.387 e.